The molecule has 0 amide bonds. The molecule has 0 aliphatic heterocycles. The van der Waals surface area contributed by atoms with Gasteiger partial charge in [0.1, 0.15) is 5.75 Å². The van der Waals surface area contributed by atoms with E-state index in [4.69, 9.17) is 5.11 Å². The molecule has 1 aromatic rings. The van der Waals surface area contributed by atoms with Crippen LogP contribution in [0.1, 0.15) is 0 Å². The fourth-order valence-corrected chi connectivity index (χ4v) is 2.16. The van der Waals surface area contributed by atoms with Crippen LogP contribution < -0.4 is 4.72 Å². The Morgan fingerprint density at radius 2 is 1.65 bits per heavy atom. The number of aromatic hydroxyl groups is 1. The van der Waals surface area contributed by atoms with Crippen LogP contribution in [0.5, 0.6) is 5.75 Å². The van der Waals surface area contributed by atoms with Crippen molar-refractivity contribution < 1.29 is 39.9 Å². The highest BCUT2D eigenvalue weighted by Crippen LogP contribution is 2.42. The minimum absolute atomic E-state index is 0.441. The van der Waals surface area contributed by atoms with E-state index in [1.165, 1.54) is 0 Å². The Morgan fingerprint density at radius 3 is 2.10 bits per heavy atom. The smallest absolute Gasteiger partial charge is 0.507 e. The van der Waals surface area contributed by atoms with E-state index in [1.807, 2.05) is 0 Å². The normalized spacial score (nSPS) is 13.3. The lowest BCUT2D eigenvalue weighted by atomic mass is 10.3. The number of sulfonamides is 1. The summed E-state index contributed by atoms with van der Waals surface area (Å²) in [6.07, 6.45) is 0. The van der Waals surface area contributed by atoms with E-state index in [-0.39, 0.29) is 0 Å². The standard InChI is InChI=1S/C8H5F6NO3S2/c9-7(10,11)19-6-3-4(1-2-5(6)16)15-20(17,18)8(12,13)14/h1-3,15-16H. The van der Waals surface area contributed by atoms with Gasteiger partial charge in [-0.1, -0.05) is 0 Å². The van der Waals surface area contributed by atoms with Gasteiger partial charge in [0.2, 0.25) is 0 Å². The predicted molar refractivity (Wildman–Crippen MR) is 58.6 cm³/mol. The number of phenols is 1. The second kappa shape index (κ2) is 5.24. The molecule has 0 fully saturated rings. The summed E-state index contributed by atoms with van der Waals surface area (Å²) in [5, 5.41) is 9.14. The molecule has 0 aromatic heterocycles. The van der Waals surface area contributed by atoms with E-state index in [0.29, 0.717) is 18.2 Å². The highest BCUT2D eigenvalue weighted by Gasteiger charge is 2.46. The van der Waals surface area contributed by atoms with E-state index in [0.717, 1.165) is 4.72 Å². The molecule has 20 heavy (non-hydrogen) atoms. The molecule has 1 rings (SSSR count). The molecule has 12 heteroatoms. The highest BCUT2D eigenvalue weighted by atomic mass is 32.2. The average Bonchev–Trinajstić information content (AvgIpc) is 2.18. The number of hydrogen-bond donors (Lipinski definition) is 2. The number of phenolic OH excluding ortho intramolecular Hbond substituents is 1. The van der Waals surface area contributed by atoms with Crippen molar-refractivity contribution in [2.45, 2.75) is 15.9 Å². The van der Waals surface area contributed by atoms with Gasteiger partial charge in [-0.05, 0) is 30.0 Å². The van der Waals surface area contributed by atoms with Gasteiger partial charge in [-0.15, -0.1) is 0 Å². The molecule has 0 saturated heterocycles. The summed E-state index contributed by atoms with van der Waals surface area (Å²) in [5.41, 5.74) is -11.2. The lowest BCUT2D eigenvalue weighted by molar-refractivity contribution is -0.0430. The number of anilines is 1. The van der Waals surface area contributed by atoms with E-state index in [2.05, 4.69) is 0 Å². The summed E-state index contributed by atoms with van der Waals surface area (Å²) in [4.78, 5) is -0.833. The van der Waals surface area contributed by atoms with E-state index < -0.39 is 49.1 Å². The van der Waals surface area contributed by atoms with E-state index >= 15 is 0 Å². The molecule has 0 aliphatic rings. The van der Waals surface area contributed by atoms with Crippen molar-refractivity contribution in [2.75, 3.05) is 4.72 Å². The Bertz CT molecular complexity index is 595. The van der Waals surface area contributed by atoms with Crippen LogP contribution in [-0.2, 0) is 10.0 Å². The molecule has 0 aliphatic carbocycles. The molecule has 1 aromatic carbocycles. The molecule has 0 spiro atoms. The van der Waals surface area contributed by atoms with Gasteiger partial charge in [0.15, 0.2) is 0 Å². The first-order chi connectivity index (χ1) is 8.82. The molecular weight excluding hydrogens is 336 g/mol. The van der Waals surface area contributed by atoms with E-state index in [1.54, 1.807) is 0 Å². The van der Waals surface area contributed by atoms with Gasteiger partial charge in [-0.2, -0.15) is 34.8 Å². The van der Waals surface area contributed by atoms with E-state index in [9.17, 15) is 34.8 Å². The Labute approximate surface area is 112 Å². The Hall–Kier alpha value is -1.30. The zero-order chi connectivity index (χ0) is 15.8. The summed E-state index contributed by atoms with van der Waals surface area (Å²) in [5.74, 6) is -0.845. The van der Waals surface area contributed by atoms with Gasteiger partial charge in [-0.25, -0.2) is 0 Å². The van der Waals surface area contributed by atoms with Gasteiger partial charge in [0.25, 0.3) is 0 Å². The SMILES string of the molecule is O=S(=O)(Nc1ccc(O)c(SC(F)(F)F)c1)C(F)(F)F. The quantitative estimate of drug-likeness (QED) is 0.503. The van der Waals surface area contributed by atoms with Crippen LogP contribution in [0.3, 0.4) is 0 Å². The molecular formula is C8H5F6NO3S2. The number of halogens is 6. The van der Waals surface area contributed by atoms with Gasteiger partial charge in [0, 0.05) is 0 Å². The Morgan fingerprint density at radius 1 is 1.10 bits per heavy atom. The monoisotopic (exact) mass is 341 g/mol. The molecule has 4 nitrogen and oxygen atoms in total. The maximum absolute atomic E-state index is 12.1. The third-order valence-corrected chi connectivity index (χ3v) is 3.63. The van der Waals surface area contributed by atoms with Crippen molar-refractivity contribution in [1.82, 2.24) is 0 Å². The van der Waals surface area contributed by atoms with Crippen LogP contribution in [-0.4, -0.2) is 24.5 Å². The van der Waals surface area contributed by atoms with Crippen LogP contribution in [0.4, 0.5) is 32.0 Å². The van der Waals surface area contributed by atoms with Crippen molar-refractivity contribution in [3.63, 3.8) is 0 Å². The average molecular weight is 341 g/mol. The highest BCUT2D eigenvalue weighted by molar-refractivity contribution is 8.00. The number of hydrogen-bond acceptors (Lipinski definition) is 4. The zero-order valence-corrected chi connectivity index (χ0v) is 10.7. The second-order valence-electron chi connectivity index (χ2n) is 3.28. The first-order valence-corrected chi connectivity index (χ1v) is 6.80. The van der Waals surface area contributed by atoms with Crippen molar-refractivity contribution in [3.05, 3.63) is 18.2 Å². The van der Waals surface area contributed by atoms with Gasteiger partial charge < -0.3 is 5.11 Å². The zero-order valence-electron chi connectivity index (χ0n) is 9.08. The van der Waals surface area contributed by atoms with Crippen molar-refractivity contribution in [2.24, 2.45) is 0 Å². The molecule has 0 heterocycles. The topological polar surface area (TPSA) is 66.4 Å². The van der Waals surface area contributed by atoms with Crippen LogP contribution in [0.25, 0.3) is 0 Å². The minimum atomic E-state index is -5.75. The lowest BCUT2D eigenvalue weighted by Crippen LogP contribution is -2.29. The van der Waals surface area contributed by atoms with Gasteiger partial charge in [0.05, 0.1) is 10.6 Å². The van der Waals surface area contributed by atoms with Crippen LogP contribution >= 0.6 is 11.8 Å². The Kier molecular flexibility index (Phi) is 4.39. The Balaban J connectivity index is 3.09. The largest absolute Gasteiger partial charge is 0.516 e. The second-order valence-corrected chi connectivity index (χ2v) is 6.06. The maximum Gasteiger partial charge on any atom is 0.516 e. The molecule has 2 N–H and O–H groups in total. The number of benzene rings is 1. The predicted octanol–water partition coefficient (Wildman–Crippen LogP) is 3.27. The summed E-state index contributed by atoms with van der Waals surface area (Å²) in [7, 11) is -5.75. The van der Waals surface area contributed by atoms with Gasteiger partial charge >= 0.3 is 21.0 Å². The minimum Gasteiger partial charge on any atom is -0.507 e. The van der Waals surface area contributed by atoms with Crippen molar-refractivity contribution in [3.8, 4) is 5.75 Å². The number of rotatable bonds is 3. The third kappa shape index (κ3) is 4.37. The third-order valence-electron chi connectivity index (χ3n) is 1.74. The summed E-state index contributed by atoms with van der Waals surface area (Å²) in [6.45, 7) is 0. The molecule has 0 atom stereocenters. The van der Waals surface area contributed by atoms with Crippen molar-refractivity contribution in [1.29, 1.82) is 0 Å². The van der Waals surface area contributed by atoms with Crippen LogP contribution in [0.15, 0.2) is 23.1 Å². The first kappa shape index (κ1) is 16.8. The summed E-state index contributed by atoms with van der Waals surface area (Å²) < 4.78 is 95.2. The first-order valence-electron chi connectivity index (χ1n) is 4.50. The van der Waals surface area contributed by atoms with Gasteiger partial charge in [-0.3, -0.25) is 4.72 Å². The number of thioether (sulfide) groups is 1. The molecule has 0 radical (unpaired) electrons. The molecule has 0 unspecified atom stereocenters. The van der Waals surface area contributed by atoms with Crippen molar-refractivity contribution >= 4 is 27.5 Å². The van der Waals surface area contributed by atoms with Crippen LogP contribution in [0.2, 0.25) is 0 Å². The number of alkyl halides is 6. The van der Waals surface area contributed by atoms with Crippen LogP contribution in [0, 0.1) is 0 Å². The molecule has 0 bridgehead atoms. The number of nitrogens with one attached hydrogen (secondary N) is 1. The fourth-order valence-electron chi connectivity index (χ4n) is 0.997. The maximum atomic E-state index is 12.1. The fraction of sp³-hybridized carbons (Fsp3) is 0.250. The lowest BCUT2D eigenvalue weighted by Gasteiger charge is -2.12. The summed E-state index contributed by atoms with van der Waals surface area (Å²) in [6, 6.07) is 1.78. The summed E-state index contributed by atoms with van der Waals surface area (Å²) >= 11 is -0.791. The molecule has 114 valence electrons. The molecule has 0 saturated carbocycles.